The Bertz CT molecular complexity index is 3710. The molecule has 0 aliphatic rings. The van der Waals surface area contributed by atoms with Crippen LogP contribution in [-0.4, -0.2) is 24.2 Å². The van der Waals surface area contributed by atoms with E-state index in [0.29, 0.717) is 11.4 Å². The Balaban J connectivity index is 1.13. The van der Waals surface area contributed by atoms with Gasteiger partial charge in [0, 0.05) is 45.4 Å². The molecule has 3 aromatic heterocycles. The molecule has 0 unspecified atom stereocenters. The second-order valence-electron chi connectivity index (χ2n) is 16.4. The van der Waals surface area contributed by atoms with Gasteiger partial charge in [0.15, 0.2) is 0 Å². The average molecular weight is 833 g/mol. The zero-order valence-corrected chi connectivity index (χ0v) is 35.3. The number of benzene rings is 9. The summed E-state index contributed by atoms with van der Waals surface area (Å²) in [6.07, 6.45) is 1.89. The molecule has 0 bridgehead atoms. The Morgan fingerprint density at radius 3 is 1.72 bits per heavy atom. The van der Waals surface area contributed by atoms with Crippen LogP contribution in [0.5, 0.6) is 5.75 Å². The largest absolute Gasteiger partial charge is 0.507 e. The van der Waals surface area contributed by atoms with E-state index < -0.39 is 0 Å². The van der Waals surface area contributed by atoms with Crippen molar-refractivity contribution in [3.8, 4) is 84.3 Å². The highest BCUT2D eigenvalue weighted by molar-refractivity contribution is 6.11. The van der Waals surface area contributed by atoms with Crippen molar-refractivity contribution >= 4 is 32.8 Å². The number of fused-ring (bicyclic) bond motifs is 4. The first-order valence-corrected chi connectivity index (χ1v) is 21.9. The molecule has 0 fully saturated rings. The molecule has 3 heterocycles. The number of hydrogen-bond acceptors (Lipinski definition) is 3. The van der Waals surface area contributed by atoms with Crippen molar-refractivity contribution in [2.75, 3.05) is 0 Å². The van der Waals surface area contributed by atoms with E-state index in [0.717, 1.165) is 100.0 Å². The van der Waals surface area contributed by atoms with Crippen LogP contribution < -0.4 is 0 Å². The molecule has 0 atom stereocenters. The summed E-state index contributed by atoms with van der Waals surface area (Å²) in [5.41, 5.74) is 16.8. The number of pyridine rings is 1. The predicted octanol–water partition coefficient (Wildman–Crippen LogP) is 15.2. The third-order valence-electron chi connectivity index (χ3n) is 12.5. The van der Waals surface area contributed by atoms with E-state index in [4.69, 9.17) is 9.97 Å². The molecule has 0 saturated carbocycles. The molecule has 1 N–H and O–H groups in total. The number of phenolic OH excluding ortho intramolecular Hbond substituents is 1. The zero-order chi connectivity index (χ0) is 43.3. The quantitative estimate of drug-likeness (QED) is 0.166. The standard InChI is InChI=1S/C60H40N4O/c65-58-39-57-51(50-27-14-16-30-55(50)63(57)47-24-11-4-12-25-47)38-52(58)60-62-59-49(28-17-31-56(59)64(60)54-29-15-13-26-48(54)42-22-9-3-10-23-42)45-34-44(41-20-7-2-8-21-41)35-46(36-45)53-37-43(32-33-61-53)40-18-5-1-6-19-40/h1-39,65H. The molecule has 5 nitrogen and oxygen atoms in total. The Labute approximate surface area is 376 Å². The molecule has 0 radical (unpaired) electrons. The SMILES string of the molecule is Oc1cc2c(cc1-c1nc3c(-c4cc(-c5ccccc5)cc(-c5cc(-c6ccccc6)ccn5)c4)cccc3n1-c1ccccc1-c1ccccc1)c1ccccc1n2-c1ccccc1. The lowest BCUT2D eigenvalue weighted by molar-refractivity contribution is 0.477. The monoisotopic (exact) mass is 832 g/mol. The summed E-state index contributed by atoms with van der Waals surface area (Å²) in [5, 5.41) is 14.5. The summed E-state index contributed by atoms with van der Waals surface area (Å²) >= 11 is 0. The van der Waals surface area contributed by atoms with Gasteiger partial charge in [0.25, 0.3) is 0 Å². The van der Waals surface area contributed by atoms with Gasteiger partial charge >= 0.3 is 0 Å². The maximum Gasteiger partial charge on any atom is 0.149 e. The fourth-order valence-corrected chi connectivity index (χ4v) is 9.45. The first-order valence-electron chi connectivity index (χ1n) is 21.9. The first-order chi connectivity index (χ1) is 32.2. The Hall–Kier alpha value is -8.80. The normalized spacial score (nSPS) is 11.4. The van der Waals surface area contributed by atoms with Gasteiger partial charge in [-0.2, -0.15) is 0 Å². The zero-order valence-electron chi connectivity index (χ0n) is 35.3. The summed E-state index contributed by atoms with van der Waals surface area (Å²) in [6, 6.07) is 80.0. The van der Waals surface area contributed by atoms with Crippen molar-refractivity contribution in [2.45, 2.75) is 0 Å². The molecule has 306 valence electrons. The van der Waals surface area contributed by atoms with Crippen molar-refractivity contribution < 1.29 is 5.11 Å². The average Bonchev–Trinajstić information content (AvgIpc) is 3.92. The van der Waals surface area contributed by atoms with E-state index in [1.807, 2.05) is 48.7 Å². The molecule has 0 amide bonds. The van der Waals surface area contributed by atoms with Gasteiger partial charge in [-0.05, 0) is 100 Å². The third-order valence-corrected chi connectivity index (χ3v) is 12.5. The summed E-state index contributed by atoms with van der Waals surface area (Å²) < 4.78 is 4.45. The van der Waals surface area contributed by atoms with Crippen LogP contribution in [0.25, 0.3) is 111 Å². The van der Waals surface area contributed by atoms with E-state index in [-0.39, 0.29) is 5.75 Å². The van der Waals surface area contributed by atoms with Crippen LogP contribution in [0.3, 0.4) is 0 Å². The summed E-state index contributed by atoms with van der Waals surface area (Å²) in [6.45, 7) is 0. The van der Waals surface area contributed by atoms with Crippen LogP contribution in [0.1, 0.15) is 0 Å². The first kappa shape index (κ1) is 37.9. The number of hydrogen-bond donors (Lipinski definition) is 1. The van der Waals surface area contributed by atoms with Gasteiger partial charge < -0.3 is 9.67 Å². The Morgan fingerprint density at radius 1 is 0.354 bits per heavy atom. The number of aromatic nitrogens is 4. The number of nitrogens with zero attached hydrogens (tertiary/aromatic N) is 4. The fourth-order valence-electron chi connectivity index (χ4n) is 9.45. The van der Waals surface area contributed by atoms with Crippen LogP contribution in [-0.2, 0) is 0 Å². The number of imidazole rings is 1. The number of rotatable bonds is 8. The number of phenols is 1. The molecule has 9 aromatic carbocycles. The lowest BCUT2D eigenvalue weighted by Crippen LogP contribution is -2.00. The van der Waals surface area contributed by atoms with Crippen molar-refractivity contribution in [1.29, 1.82) is 0 Å². The smallest absolute Gasteiger partial charge is 0.149 e. The molecule has 12 aromatic rings. The maximum atomic E-state index is 12.4. The third kappa shape index (κ3) is 6.66. The molecule has 0 aliphatic heterocycles. The lowest BCUT2D eigenvalue weighted by Gasteiger charge is -2.16. The summed E-state index contributed by atoms with van der Waals surface area (Å²) in [7, 11) is 0. The minimum atomic E-state index is 0.144. The van der Waals surface area contributed by atoms with Crippen LogP contribution in [0, 0.1) is 0 Å². The predicted molar refractivity (Wildman–Crippen MR) is 267 cm³/mol. The van der Waals surface area contributed by atoms with Crippen molar-refractivity contribution in [3.05, 3.63) is 237 Å². The highest BCUT2D eigenvalue weighted by atomic mass is 16.3. The second kappa shape index (κ2) is 15.8. The van der Waals surface area contributed by atoms with E-state index in [1.165, 1.54) is 0 Å². The Morgan fingerprint density at radius 2 is 0.954 bits per heavy atom. The minimum absolute atomic E-state index is 0.144. The van der Waals surface area contributed by atoms with Gasteiger partial charge in [-0.3, -0.25) is 9.55 Å². The van der Waals surface area contributed by atoms with Gasteiger partial charge in [0.1, 0.15) is 11.6 Å². The van der Waals surface area contributed by atoms with Crippen molar-refractivity contribution in [1.82, 2.24) is 19.1 Å². The van der Waals surface area contributed by atoms with Crippen molar-refractivity contribution in [2.24, 2.45) is 0 Å². The molecule has 0 aliphatic carbocycles. The van der Waals surface area contributed by atoms with Crippen LogP contribution in [0.4, 0.5) is 0 Å². The second-order valence-corrected chi connectivity index (χ2v) is 16.4. The summed E-state index contributed by atoms with van der Waals surface area (Å²) in [4.78, 5) is 10.6. The van der Waals surface area contributed by atoms with Gasteiger partial charge in [0.2, 0.25) is 0 Å². The molecule has 12 rings (SSSR count). The number of aromatic hydroxyl groups is 1. The van der Waals surface area contributed by atoms with Crippen LogP contribution in [0.15, 0.2) is 237 Å². The van der Waals surface area contributed by atoms with Gasteiger partial charge in [-0.15, -0.1) is 0 Å². The van der Waals surface area contributed by atoms with Gasteiger partial charge in [-0.25, -0.2) is 4.98 Å². The topological polar surface area (TPSA) is 55.9 Å². The Kier molecular flexibility index (Phi) is 9.24. The highest BCUT2D eigenvalue weighted by Gasteiger charge is 2.24. The molecular formula is C60H40N4O. The van der Waals surface area contributed by atoms with Crippen LogP contribution >= 0.6 is 0 Å². The molecule has 0 saturated heterocycles. The lowest BCUT2D eigenvalue weighted by atomic mass is 9.93. The van der Waals surface area contributed by atoms with E-state index in [1.54, 1.807) is 0 Å². The van der Waals surface area contributed by atoms with Gasteiger partial charge in [-0.1, -0.05) is 158 Å². The molecule has 65 heavy (non-hydrogen) atoms. The molecular weight excluding hydrogens is 793 g/mol. The summed E-state index contributed by atoms with van der Waals surface area (Å²) in [5.74, 6) is 0.786. The van der Waals surface area contributed by atoms with Gasteiger partial charge in [0.05, 0.1) is 39.0 Å². The van der Waals surface area contributed by atoms with E-state index in [9.17, 15) is 5.11 Å². The van der Waals surface area contributed by atoms with E-state index >= 15 is 0 Å². The molecule has 0 spiro atoms. The molecule has 5 heteroatoms. The van der Waals surface area contributed by atoms with Crippen molar-refractivity contribution in [3.63, 3.8) is 0 Å². The van der Waals surface area contributed by atoms with Crippen LogP contribution in [0.2, 0.25) is 0 Å². The van der Waals surface area contributed by atoms with E-state index in [2.05, 4.69) is 197 Å². The fraction of sp³-hybridized carbons (Fsp3) is 0. The highest BCUT2D eigenvalue weighted by Crippen LogP contribution is 2.44. The minimum Gasteiger partial charge on any atom is -0.507 e. The number of para-hydroxylation sites is 4. The maximum absolute atomic E-state index is 12.4.